The van der Waals surface area contributed by atoms with Crippen molar-refractivity contribution in [2.75, 3.05) is 27.0 Å². The number of esters is 1. The lowest BCUT2D eigenvalue weighted by Crippen LogP contribution is -2.38. The van der Waals surface area contributed by atoms with E-state index in [4.69, 9.17) is 14.2 Å². The van der Waals surface area contributed by atoms with E-state index in [1.54, 1.807) is 31.0 Å². The highest BCUT2D eigenvalue weighted by Gasteiger charge is 2.54. The van der Waals surface area contributed by atoms with Crippen LogP contribution in [-0.2, 0) is 14.3 Å². The lowest BCUT2D eigenvalue weighted by atomic mass is 9.68. The normalized spacial score (nSPS) is 30.1. The van der Waals surface area contributed by atoms with Crippen LogP contribution in [0.5, 0.6) is 11.5 Å². The van der Waals surface area contributed by atoms with Crippen LogP contribution >= 0.6 is 0 Å². The van der Waals surface area contributed by atoms with Crippen molar-refractivity contribution in [1.29, 1.82) is 0 Å². The van der Waals surface area contributed by atoms with E-state index in [9.17, 15) is 14.7 Å². The van der Waals surface area contributed by atoms with Gasteiger partial charge in [0.15, 0.2) is 11.5 Å². The number of benzene rings is 1. The molecule has 24 heavy (non-hydrogen) atoms. The van der Waals surface area contributed by atoms with Gasteiger partial charge in [-0.05, 0) is 30.2 Å². The number of nitrogens with zero attached hydrogens (tertiary/aromatic N) is 1. The monoisotopic (exact) mass is 333 g/mol. The van der Waals surface area contributed by atoms with E-state index in [0.717, 1.165) is 0 Å². The molecule has 128 valence electrons. The molecule has 2 aliphatic heterocycles. The van der Waals surface area contributed by atoms with Crippen LogP contribution in [0.15, 0.2) is 12.1 Å². The average molecular weight is 333 g/mol. The highest BCUT2D eigenvalue weighted by atomic mass is 16.7. The van der Waals surface area contributed by atoms with E-state index in [-0.39, 0.29) is 25.2 Å². The molecule has 4 rings (SSSR count). The third-order valence-electron chi connectivity index (χ3n) is 5.14. The summed E-state index contributed by atoms with van der Waals surface area (Å²) >= 11 is 0. The lowest BCUT2D eigenvalue weighted by Gasteiger charge is -2.35. The second-order valence-corrected chi connectivity index (χ2v) is 6.42. The first kappa shape index (κ1) is 15.3. The Morgan fingerprint density at radius 1 is 1.33 bits per heavy atom. The lowest BCUT2D eigenvalue weighted by molar-refractivity contribution is -0.150. The van der Waals surface area contributed by atoms with Crippen molar-refractivity contribution in [2.24, 2.45) is 11.8 Å². The third-order valence-corrected chi connectivity index (χ3v) is 5.14. The van der Waals surface area contributed by atoms with Crippen LogP contribution < -0.4 is 9.47 Å². The largest absolute Gasteiger partial charge is 0.466 e. The molecule has 1 aliphatic carbocycles. The highest BCUT2D eigenvalue weighted by molar-refractivity contribution is 5.91. The molecule has 0 aromatic heterocycles. The number of rotatable bonds is 2. The number of aliphatic hydroxyl groups excluding tert-OH is 1. The van der Waals surface area contributed by atoms with Gasteiger partial charge in [0.1, 0.15) is 0 Å². The minimum Gasteiger partial charge on any atom is -0.466 e. The molecule has 3 aliphatic rings. The van der Waals surface area contributed by atoms with E-state index in [0.29, 0.717) is 29.2 Å². The number of carbonyl (C=O) groups is 2. The summed E-state index contributed by atoms with van der Waals surface area (Å²) in [5, 5.41) is 10.8. The Kier molecular flexibility index (Phi) is 3.42. The first-order valence-corrected chi connectivity index (χ1v) is 8.06. The number of aliphatic hydroxyl groups is 1. The zero-order valence-electron chi connectivity index (χ0n) is 13.5. The number of hydrogen-bond donors (Lipinski definition) is 1. The molecule has 0 unspecified atom stereocenters. The summed E-state index contributed by atoms with van der Waals surface area (Å²) in [5.74, 6) is -1.20. The summed E-state index contributed by atoms with van der Waals surface area (Å²) in [6.07, 6.45) is -0.834. The predicted molar refractivity (Wildman–Crippen MR) is 81.5 cm³/mol. The quantitative estimate of drug-likeness (QED) is 0.807. The van der Waals surface area contributed by atoms with Gasteiger partial charge in [-0.15, -0.1) is 0 Å². The standard InChI is InChI=1S/C17H19NO6/c1-3-22-17(21)14-8-4-11-12(24-7-23-11)5-9(8)15(19)10-6-18(2)16(20)13(10)14/h4-5,10,13-15,19H,3,6-7H2,1-2H3/t10-,13-,14-,15-/m0/s1. The number of fused-ring (bicyclic) bond motifs is 3. The van der Waals surface area contributed by atoms with Gasteiger partial charge in [-0.2, -0.15) is 0 Å². The number of carbonyl (C=O) groups excluding carboxylic acids is 2. The smallest absolute Gasteiger partial charge is 0.314 e. The summed E-state index contributed by atoms with van der Waals surface area (Å²) in [6, 6.07) is 3.41. The van der Waals surface area contributed by atoms with Crippen molar-refractivity contribution in [3.8, 4) is 11.5 Å². The van der Waals surface area contributed by atoms with Gasteiger partial charge in [0.05, 0.1) is 24.5 Å². The minimum absolute atomic E-state index is 0.104. The molecule has 1 saturated heterocycles. The Bertz CT molecular complexity index is 717. The number of likely N-dealkylation sites (tertiary alicyclic amines) is 1. The number of amides is 1. The average Bonchev–Trinajstić information content (AvgIpc) is 3.12. The van der Waals surface area contributed by atoms with E-state index >= 15 is 0 Å². The fraction of sp³-hybridized carbons (Fsp3) is 0.529. The molecule has 1 aromatic carbocycles. The van der Waals surface area contributed by atoms with E-state index in [1.165, 1.54) is 0 Å². The Hall–Kier alpha value is -2.28. The number of hydrogen-bond acceptors (Lipinski definition) is 6. The molecule has 1 fully saturated rings. The van der Waals surface area contributed by atoms with E-state index < -0.39 is 23.9 Å². The van der Waals surface area contributed by atoms with Crippen LogP contribution in [0.2, 0.25) is 0 Å². The molecule has 1 N–H and O–H groups in total. The van der Waals surface area contributed by atoms with E-state index in [2.05, 4.69) is 0 Å². The Morgan fingerprint density at radius 3 is 2.67 bits per heavy atom. The molecule has 0 radical (unpaired) electrons. The van der Waals surface area contributed by atoms with Crippen LogP contribution in [0.3, 0.4) is 0 Å². The van der Waals surface area contributed by atoms with Crippen LogP contribution in [0, 0.1) is 11.8 Å². The maximum Gasteiger partial charge on any atom is 0.314 e. The van der Waals surface area contributed by atoms with Gasteiger partial charge in [-0.3, -0.25) is 9.59 Å². The van der Waals surface area contributed by atoms with E-state index in [1.807, 2.05) is 0 Å². The van der Waals surface area contributed by atoms with Crippen molar-refractivity contribution in [1.82, 2.24) is 4.90 Å². The molecule has 0 bridgehead atoms. The second-order valence-electron chi connectivity index (χ2n) is 6.42. The third kappa shape index (κ3) is 2.00. The molecule has 7 heteroatoms. The summed E-state index contributed by atoms with van der Waals surface area (Å²) < 4.78 is 16.0. The van der Waals surface area contributed by atoms with Gasteiger partial charge in [-0.25, -0.2) is 0 Å². The van der Waals surface area contributed by atoms with Crippen LogP contribution in [-0.4, -0.2) is 48.9 Å². The van der Waals surface area contributed by atoms with Gasteiger partial charge in [0.25, 0.3) is 0 Å². The molecule has 4 atom stereocenters. The maximum absolute atomic E-state index is 12.6. The van der Waals surface area contributed by atoms with Crippen molar-refractivity contribution >= 4 is 11.9 Å². The Balaban J connectivity index is 1.87. The van der Waals surface area contributed by atoms with Crippen molar-refractivity contribution in [3.05, 3.63) is 23.3 Å². The molecular formula is C17H19NO6. The van der Waals surface area contributed by atoms with Crippen molar-refractivity contribution in [3.63, 3.8) is 0 Å². The first-order chi connectivity index (χ1) is 11.5. The molecule has 1 aromatic rings. The second kappa shape index (κ2) is 5.37. The molecule has 1 amide bonds. The molecule has 2 heterocycles. The maximum atomic E-state index is 12.6. The molecule has 0 spiro atoms. The highest BCUT2D eigenvalue weighted by Crippen LogP contribution is 2.52. The fourth-order valence-corrected chi connectivity index (χ4v) is 4.07. The van der Waals surface area contributed by atoms with Crippen LogP contribution in [0.25, 0.3) is 0 Å². The van der Waals surface area contributed by atoms with Gasteiger partial charge < -0.3 is 24.2 Å². The summed E-state index contributed by atoms with van der Waals surface area (Å²) in [6.45, 7) is 2.48. The summed E-state index contributed by atoms with van der Waals surface area (Å²) in [5.41, 5.74) is 1.21. The van der Waals surface area contributed by atoms with Gasteiger partial charge >= 0.3 is 5.97 Å². The van der Waals surface area contributed by atoms with Gasteiger partial charge in [-0.1, -0.05) is 0 Å². The zero-order chi connectivity index (χ0) is 17.0. The topological polar surface area (TPSA) is 85.3 Å². The first-order valence-electron chi connectivity index (χ1n) is 8.06. The van der Waals surface area contributed by atoms with Crippen LogP contribution in [0.1, 0.15) is 30.1 Å². The minimum atomic E-state index is -0.834. The summed E-state index contributed by atoms with van der Waals surface area (Å²) in [7, 11) is 1.69. The molecule has 0 saturated carbocycles. The predicted octanol–water partition coefficient (Wildman–Crippen LogP) is 0.813. The van der Waals surface area contributed by atoms with Crippen molar-refractivity contribution in [2.45, 2.75) is 18.9 Å². The Labute approximate surface area is 139 Å². The van der Waals surface area contributed by atoms with Gasteiger partial charge in [0, 0.05) is 19.5 Å². The SMILES string of the molecule is CCOC(=O)[C@H]1c2cc3c(cc2[C@H](O)[C@H]2CN(C)C(=O)[C@@H]21)OCO3. The number of ether oxygens (including phenoxy) is 3. The molecule has 7 nitrogen and oxygen atoms in total. The Morgan fingerprint density at radius 2 is 2.00 bits per heavy atom. The van der Waals surface area contributed by atoms with Crippen molar-refractivity contribution < 1.29 is 28.9 Å². The van der Waals surface area contributed by atoms with Crippen LogP contribution in [0.4, 0.5) is 0 Å². The molecular weight excluding hydrogens is 314 g/mol. The summed E-state index contributed by atoms with van der Waals surface area (Å²) in [4.78, 5) is 26.8. The fourth-order valence-electron chi connectivity index (χ4n) is 4.07. The zero-order valence-corrected chi connectivity index (χ0v) is 13.5. The van der Waals surface area contributed by atoms with Gasteiger partial charge in [0.2, 0.25) is 12.7 Å².